The Morgan fingerprint density at radius 1 is 1.50 bits per heavy atom. The predicted octanol–water partition coefficient (Wildman–Crippen LogP) is 0.724. The average molecular weight is 167 g/mol. The Balaban J connectivity index is 2.08. The summed E-state index contributed by atoms with van der Waals surface area (Å²) in [4.78, 5) is 0. The first-order valence-electron chi connectivity index (χ1n) is 4.29. The highest BCUT2D eigenvalue weighted by molar-refractivity contribution is 5.28. The lowest BCUT2D eigenvalue weighted by atomic mass is 9.96. The summed E-state index contributed by atoms with van der Waals surface area (Å²) in [7, 11) is 0. The van der Waals surface area contributed by atoms with Crippen LogP contribution in [-0.4, -0.2) is 18.2 Å². The molecule has 0 aromatic carbocycles. The third-order valence-electron chi connectivity index (χ3n) is 2.29. The molecule has 1 aliphatic heterocycles. The van der Waals surface area contributed by atoms with Crippen molar-refractivity contribution in [2.24, 2.45) is 0 Å². The lowest BCUT2D eigenvalue weighted by molar-refractivity contribution is 0.329. The number of nitrogen functional groups attached to an aromatic ring is 1. The molecule has 4 nitrogen and oxygen atoms in total. The number of nitrogens with zero attached hydrogens (tertiary/aromatic N) is 1. The quantitative estimate of drug-likeness (QED) is 0.647. The summed E-state index contributed by atoms with van der Waals surface area (Å²) < 4.78 is 5.10. The highest BCUT2D eigenvalue weighted by atomic mass is 16.5. The van der Waals surface area contributed by atoms with Gasteiger partial charge in [-0.15, -0.1) is 0 Å². The van der Waals surface area contributed by atoms with Gasteiger partial charge in [0.1, 0.15) is 5.76 Å². The molecule has 0 bridgehead atoms. The third-order valence-corrected chi connectivity index (χ3v) is 2.29. The molecule has 0 amide bonds. The monoisotopic (exact) mass is 167 g/mol. The number of aromatic nitrogens is 1. The van der Waals surface area contributed by atoms with Crippen LogP contribution in [0.2, 0.25) is 0 Å². The zero-order valence-corrected chi connectivity index (χ0v) is 6.92. The number of hydrogen-bond donors (Lipinski definition) is 2. The fraction of sp³-hybridized carbons (Fsp3) is 0.625. The minimum atomic E-state index is 0.489. The van der Waals surface area contributed by atoms with Crippen LogP contribution in [0.4, 0.5) is 5.82 Å². The molecule has 0 unspecified atom stereocenters. The van der Waals surface area contributed by atoms with Gasteiger partial charge in [0, 0.05) is 12.0 Å². The van der Waals surface area contributed by atoms with E-state index in [0.717, 1.165) is 31.7 Å². The van der Waals surface area contributed by atoms with Gasteiger partial charge >= 0.3 is 0 Å². The van der Waals surface area contributed by atoms with E-state index in [4.69, 9.17) is 10.3 Å². The van der Waals surface area contributed by atoms with E-state index >= 15 is 0 Å². The maximum atomic E-state index is 5.46. The molecule has 1 aromatic rings. The summed E-state index contributed by atoms with van der Waals surface area (Å²) in [5.74, 6) is 1.94. The molecule has 0 atom stereocenters. The van der Waals surface area contributed by atoms with E-state index in [1.807, 2.05) is 6.07 Å². The van der Waals surface area contributed by atoms with Gasteiger partial charge in [-0.1, -0.05) is 5.16 Å². The topological polar surface area (TPSA) is 64.1 Å². The predicted molar refractivity (Wildman–Crippen MR) is 45.8 cm³/mol. The highest BCUT2D eigenvalue weighted by Gasteiger charge is 2.18. The maximum Gasteiger partial charge on any atom is 0.167 e. The van der Waals surface area contributed by atoms with Crippen molar-refractivity contribution in [3.05, 3.63) is 11.8 Å². The van der Waals surface area contributed by atoms with Gasteiger partial charge in [-0.25, -0.2) is 0 Å². The van der Waals surface area contributed by atoms with Crippen molar-refractivity contribution >= 4 is 5.82 Å². The van der Waals surface area contributed by atoms with E-state index < -0.39 is 0 Å². The number of nitrogens with two attached hydrogens (primary N) is 1. The van der Waals surface area contributed by atoms with E-state index in [2.05, 4.69) is 10.5 Å². The number of nitrogens with one attached hydrogen (secondary N) is 1. The second-order valence-electron chi connectivity index (χ2n) is 3.18. The van der Waals surface area contributed by atoms with Gasteiger partial charge in [0.15, 0.2) is 5.82 Å². The molecule has 3 N–H and O–H groups in total. The smallest absolute Gasteiger partial charge is 0.167 e. The van der Waals surface area contributed by atoms with E-state index in [-0.39, 0.29) is 0 Å². The number of piperidine rings is 1. The molecule has 2 rings (SSSR count). The van der Waals surface area contributed by atoms with Gasteiger partial charge < -0.3 is 15.6 Å². The molecular formula is C8H13N3O. The summed E-state index contributed by atoms with van der Waals surface area (Å²) in [6.45, 7) is 2.12. The SMILES string of the molecule is Nc1cc(C2CCNCC2)on1. The minimum Gasteiger partial charge on any atom is -0.381 e. The van der Waals surface area contributed by atoms with Crippen LogP contribution in [-0.2, 0) is 0 Å². The van der Waals surface area contributed by atoms with Gasteiger partial charge in [-0.05, 0) is 25.9 Å². The molecule has 0 radical (unpaired) electrons. The normalized spacial score (nSPS) is 19.7. The van der Waals surface area contributed by atoms with Crippen LogP contribution in [0.25, 0.3) is 0 Å². The Hall–Kier alpha value is -1.03. The third kappa shape index (κ3) is 1.43. The van der Waals surface area contributed by atoms with Crippen LogP contribution in [0.15, 0.2) is 10.6 Å². The molecule has 1 aromatic heterocycles. The number of rotatable bonds is 1. The minimum absolute atomic E-state index is 0.489. The first kappa shape index (κ1) is 7.61. The van der Waals surface area contributed by atoms with Gasteiger partial charge in [0.25, 0.3) is 0 Å². The molecule has 2 heterocycles. The first-order valence-corrected chi connectivity index (χ1v) is 4.29. The second kappa shape index (κ2) is 3.15. The van der Waals surface area contributed by atoms with Gasteiger partial charge in [-0.2, -0.15) is 0 Å². The van der Waals surface area contributed by atoms with Gasteiger partial charge in [0.05, 0.1) is 0 Å². The van der Waals surface area contributed by atoms with Crippen molar-refractivity contribution in [3.8, 4) is 0 Å². The Morgan fingerprint density at radius 3 is 2.83 bits per heavy atom. The molecule has 1 fully saturated rings. The van der Waals surface area contributed by atoms with Crippen molar-refractivity contribution in [1.29, 1.82) is 0 Å². The summed E-state index contributed by atoms with van der Waals surface area (Å²) in [6, 6.07) is 1.83. The molecular weight excluding hydrogens is 154 g/mol. The Labute approximate surface area is 71.1 Å². The summed E-state index contributed by atoms with van der Waals surface area (Å²) in [5, 5.41) is 6.97. The summed E-state index contributed by atoms with van der Waals surface area (Å²) in [5.41, 5.74) is 5.46. The van der Waals surface area contributed by atoms with Crippen molar-refractivity contribution in [3.63, 3.8) is 0 Å². The molecule has 0 aliphatic carbocycles. The summed E-state index contributed by atoms with van der Waals surface area (Å²) in [6.07, 6.45) is 2.24. The molecule has 66 valence electrons. The fourth-order valence-electron chi connectivity index (χ4n) is 1.60. The Morgan fingerprint density at radius 2 is 2.25 bits per heavy atom. The van der Waals surface area contributed by atoms with E-state index in [9.17, 15) is 0 Å². The first-order chi connectivity index (χ1) is 5.86. The molecule has 4 heteroatoms. The van der Waals surface area contributed by atoms with Crippen molar-refractivity contribution in [2.75, 3.05) is 18.8 Å². The fourth-order valence-corrected chi connectivity index (χ4v) is 1.60. The van der Waals surface area contributed by atoms with Gasteiger partial charge in [0.2, 0.25) is 0 Å². The van der Waals surface area contributed by atoms with Crippen LogP contribution in [0.1, 0.15) is 24.5 Å². The Bertz CT molecular complexity index is 253. The lowest BCUT2D eigenvalue weighted by Crippen LogP contribution is -2.26. The lowest BCUT2D eigenvalue weighted by Gasteiger charge is -2.19. The number of hydrogen-bond acceptors (Lipinski definition) is 4. The zero-order valence-electron chi connectivity index (χ0n) is 6.92. The van der Waals surface area contributed by atoms with Crippen LogP contribution in [0, 0.1) is 0 Å². The average Bonchev–Trinajstić information content (AvgIpc) is 2.54. The van der Waals surface area contributed by atoms with Crippen molar-refractivity contribution in [1.82, 2.24) is 10.5 Å². The second-order valence-corrected chi connectivity index (χ2v) is 3.18. The summed E-state index contributed by atoms with van der Waals surface area (Å²) >= 11 is 0. The van der Waals surface area contributed by atoms with Gasteiger partial charge in [-0.3, -0.25) is 0 Å². The Kier molecular flexibility index (Phi) is 1.99. The highest BCUT2D eigenvalue weighted by Crippen LogP contribution is 2.25. The number of anilines is 1. The standard InChI is InChI=1S/C8H13N3O/c9-8-5-7(12-11-8)6-1-3-10-4-2-6/h5-6,10H,1-4H2,(H2,9,11). The van der Waals surface area contributed by atoms with E-state index in [0.29, 0.717) is 11.7 Å². The zero-order chi connectivity index (χ0) is 8.39. The van der Waals surface area contributed by atoms with Crippen LogP contribution >= 0.6 is 0 Å². The molecule has 0 saturated carbocycles. The molecule has 1 saturated heterocycles. The molecule has 12 heavy (non-hydrogen) atoms. The van der Waals surface area contributed by atoms with Crippen LogP contribution < -0.4 is 11.1 Å². The maximum absolute atomic E-state index is 5.46. The van der Waals surface area contributed by atoms with E-state index in [1.165, 1.54) is 0 Å². The van der Waals surface area contributed by atoms with E-state index in [1.54, 1.807) is 0 Å². The largest absolute Gasteiger partial charge is 0.381 e. The van der Waals surface area contributed by atoms with Crippen molar-refractivity contribution < 1.29 is 4.52 Å². The molecule has 1 aliphatic rings. The van der Waals surface area contributed by atoms with Crippen LogP contribution in [0.5, 0.6) is 0 Å². The molecule has 0 spiro atoms. The van der Waals surface area contributed by atoms with Crippen molar-refractivity contribution in [2.45, 2.75) is 18.8 Å². The van der Waals surface area contributed by atoms with Crippen LogP contribution in [0.3, 0.4) is 0 Å².